The second-order valence-corrected chi connectivity index (χ2v) is 10.1. The number of benzene rings is 1. The largest absolute Gasteiger partial charge is 0.436 e. The lowest BCUT2D eigenvalue weighted by Crippen LogP contribution is -2.56. The first kappa shape index (κ1) is 22.9. The third-order valence-electron chi connectivity index (χ3n) is 7.06. The lowest BCUT2D eigenvalue weighted by molar-refractivity contribution is -0.389. The Morgan fingerprint density at radius 1 is 1.15 bits per heavy atom. The van der Waals surface area contributed by atoms with E-state index < -0.39 is 10.5 Å². The van der Waals surface area contributed by atoms with Gasteiger partial charge in [0.15, 0.2) is 0 Å². The molecule has 0 saturated carbocycles. The Labute approximate surface area is 203 Å². The van der Waals surface area contributed by atoms with Crippen molar-refractivity contribution >= 4 is 23.4 Å². The summed E-state index contributed by atoms with van der Waals surface area (Å²) in [6, 6.07) is 8.47. The zero-order valence-corrected chi connectivity index (χ0v) is 20.0. The highest BCUT2D eigenvalue weighted by atomic mass is 35.5. The second kappa shape index (κ2) is 9.07. The summed E-state index contributed by atoms with van der Waals surface area (Å²) in [5, 5.41) is 11.7. The number of amides is 2. The number of likely N-dealkylation sites (tertiary alicyclic amines) is 1. The molecule has 5 rings (SSSR count). The van der Waals surface area contributed by atoms with Crippen molar-refractivity contribution in [3.63, 3.8) is 0 Å². The van der Waals surface area contributed by atoms with Gasteiger partial charge in [0.1, 0.15) is 11.8 Å². The molecule has 182 valence electrons. The predicted molar refractivity (Wildman–Crippen MR) is 126 cm³/mol. The van der Waals surface area contributed by atoms with E-state index in [1.165, 1.54) is 11.8 Å². The second-order valence-electron chi connectivity index (χ2n) is 9.68. The maximum atomic E-state index is 13.1. The van der Waals surface area contributed by atoms with Crippen LogP contribution in [0.15, 0.2) is 30.5 Å². The monoisotopic (exact) mass is 488 g/mol. The van der Waals surface area contributed by atoms with Crippen molar-refractivity contribution in [2.24, 2.45) is 0 Å². The molecule has 11 heteroatoms. The van der Waals surface area contributed by atoms with Crippen molar-refractivity contribution in [1.29, 1.82) is 0 Å². The molecule has 1 aromatic carbocycles. The van der Waals surface area contributed by atoms with Crippen LogP contribution in [-0.2, 0) is 6.54 Å². The molecule has 34 heavy (non-hydrogen) atoms. The van der Waals surface area contributed by atoms with E-state index in [9.17, 15) is 14.9 Å². The first-order chi connectivity index (χ1) is 16.3. The van der Waals surface area contributed by atoms with Gasteiger partial charge in [-0.25, -0.2) is 4.79 Å². The highest BCUT2D eigenvalue weighted by Crippen LogP contribution is 2.32. The van der Waals surface area contributed by atoms with E-state index in [1.54, 1.807) is 4.57 Å². The fourth-order valence-electron chi connectivity index (χ4n) is 5.27. The topological polar surface area (TPSA) is 97.0 Å². The van der Waals surface area contributed by atoms with Gasteiger partial charge in [-0.2, -0.15) is 0 Å². The molecule has 1 aromatic heterocycles. The van der Waals surface area contributed by atoms with Gasteiger partial charge < -0.3 is 24.7 Å². The van der Waals surface area contributed by atoms with Crippen molar-refractivity contribution in [1.82, 2.24) is 24.3 Å². The average Bonchev–Trinajstić information content (AvgIpc) is 3.35. The minimum atomic E-state index is -0.511. The number of imidazole rings is 1. The molecular formula is C23H29ClN6O4. The number of aromatic nitrogens is 2. The van der Waals surface area contributed by atoms with E-state index in [4.69, 9.17) is 16.3 Å². The predicted octanol–water partition coefficient (Wildman–Crippen LogP) is 3.21. The van der Waals surface area contributed by atoms with Gasteiger partial charge in [-0.05, 0) is 48.3 Å². The number of hydrogen-bond donors (Lipinski definition) is 0. The van der Waals surface area contributed by atoms with Gasteiger partial charge in [0.25, 0.3) is 0 Å². The number of fused-ring (bicyclic) bond motifs is 1. The van der Waals surface area contributed by atoms with Crippen molar-refractivity contribution in [3.05, 3.63) is 51.2 Å². The fourth-order valence-corrected chi connectivity index (χ4v) is 5.40. The summed E-state index contributed by atoms with van der Waals surface area (Å²) in [4.78, 5) is 33.6. The van der Waals surface area contributed by atoms with E-state index in [0.29, 0.717) is 38.1 Å². The van der Waals surface area contributed by atoms with Gasteiger partial charge in [-0.15, -0.1) is 0 Å². The number of carbonyl (C=O) groups excluding carboxylic acids is 1. The van der Waals surface area contributed by atoms with Crippen molar-refractivity contribution in [3.8, 4) is 6.01 Å². The van der Waals surface area contributed by atoms with Gasteiger partial charge in [-0.1, -0.05) is 23.7 Å². The SMILES string of the molecule is CC1(CN2CCN(C(=O)N3CCC(c4ccc(Cl)cc4)CC3)CC2)Cn2cc([N+](=O)[O-])nc2O1. The summed E-state index contributed by atoms with van der Waals surface area (Å²) in [6.45, 7) is 7.65. The summed E-state index contributed by atoms with van der Waals surface area (Å²) >= 11 is 6.00. The summed E-state index contributed by atoms with van der Waals surface area (Å²) in [6.07, 6.45) is 3.36. The average molecular weight is 489 g/mol. The quantitative estimate of drug-likeness (QED) is 0.484. The number of halogens is 1. The number of piperazine rings is 1. The maximum absolute atomic E-state index is 13.1. The minimum absolute atomic E-state index is 0.130. The van der Waals surface area contributed by atoms with Gasteiger partial charge in [-0.3, -0.25) is 9.47 Å². The van der Waals surface area contributed by atoms with Crippen molar-refractivity contribution in [2.45, 2.75) is 37.8 Å². The number of urea groups is 1. The van der Waals surface area contributed by atoms with Gasteiger partial charge in [0.05, 0.1) is 6.54 Å². The zero-order chi connectivity index (χ0) is 23.9. The Morgan fingerprint density at radius 3 is 2.41 bits per heavy atom. The number of nitrogens with zero attached hydrogens (tertiary/aromatic N) is 6. The van der Waals surface area contributed by atoms with E-state index in [0.717, 1.165) is 44.0 Å². The molecule has 0 aliphatic carbocycles. The maximum Gasteiger partial charge on any atom is 0.415 e. The third kappa shape index (κ3) is 4.69. The molecule has 0 radical (unpaired) electrons. The minimum Gasteiger partial charge on any atom is -0.436 e. The summed E-state index contributed by atoms with van der Waals surface area (Å²) in [5.74, 6) is 0.280. The van der Waals surface area contributed by atoms with Gasteiger partial charge in [0.2, 0.25) is 0 Å². The van der Waals surface area contributed by atoms with Crippen LogP contribution < -0.4 is 4.74 Å². The molecule has 1 atom stereocenters. The molecule has 1 unspecified atom stereocenters. The molecule has 2 aromatic rings. The van der Waals surface area contributed by atoms with Crippen LogP contribution in [0, 0.1) is 10.1 Å². The molecular weight excluding hydrogens is 460 g/mol. The summed E-state index contributed by atoms with van der Waals surface area (Å²) in [5.41, 5.74) is 0.803. The Balaban J connectivity index is 1.08. The lowest BCUT2D eigenvalue weighted by atomic mass is 9.89. The number of piperidine rings is 1. The number of nitro groups is 1. The van der Waals surface area contributed by atoms with Crippen LogP contribution in [0.4, 0.5) is 10.6 Å². The molecule has 0 bridgehead atoms. The highest BCUT2D eigenvalue weighted by Gasteiger charge is 2.42. The molecule has 0 spiro atoms. The molecule has 3 aliphatic heterocycles. The summed E-state index contributed by atoms with van der Waals surface area (Å²) in [7, 11) is 0. The highest BCUT2D eigenvalue weighted by molar-refractivity contribution is 6.30. The van der Waals surface area contributed by atoms with Crippen molar-refractivity contribution in [2.75, 3.05) is 45.8 Å². The van der Waals surface area contributed by atoms with E-state index in [-0.39, 0.29) is 11.8 Å². The van der Waals surface area contributed by atoms with Crippen LogP contribution in [0.1, 0.15) is 31.2 Å². The Kier molecular flexibility index (Phi) is 6.11. The number of rotatable bonds is 4. The van der Waals surface area contributed by atoms with Crippen molar-refractivity contribution < 1.29 is 14.5 Å². The lowest BCUT2D eigenvalue weighted by Gasteiger charge is -2.41. The Bertz CT molecular complexity index is 1030. The molecule has 2 fully saturated rings. The van der Waals surface area contributed by atoms with Crippen LogP contribution in [0.5, 0.6) is 6.01 Å². The van der Waals surface area contributed by atoms with E-state index >= 15 is 0 Å². The normalized spacial score (nSPS) is 23.6. The van der Waals surface area contributed by atoms with E-state index in [2.05, 4.69) is 22.0 Å². The summed E-state index contributed by atoms with van der Waals surface area (Å²) < 4.78 is 7.66. The van der Waals surface area contributed by atoms with Crippen LogP contribution in [0.3, 0.4) is 0 Å². The Hall–Kier alpha value is -2.85. The Morgan fingerprint density at radius 2 is 1.79 bits per heavy atom. The van der Waals surface area contributed by atoms with Crippen LogP contribution in [0.25, 0.3) is 0 Å². The standard InChI is InChI=1S/C23H29ClN6O4/c1-23(16-29-14-20(30(32)33)25-21(29)34-23)15-26-10-12-28(13-11-26)22(31)27-8-6-18(7-9-27)17-2-4-19(24)5-3-17/h2-5,14,18H,6-13,15-16H2,1H3. The number of ether oxygens (including phenoxy) is 1. The van der Waals surface area contributed by atoms with Gasteiger partial charge >= 0.3 is 17.9 Å². The first-order valence-corrected chi connectivity index (χ1v) is 12.1. The first-order valence-electron chi connectivity index (χ1n) is 11.7. The molecule has 10 nitrogen and oxygen atoms in total. The molecule has 2 saturated heterocycles. The fraction of sp³-hybridized carbons (Fsp3) is 0.565. The molecule has 2 amide bonds. The third-order valence-corrected chi connectivity index (χ3v) is 7.32. The zero-order valence-electron chi connectivity index (χ0n) is 19.2. The van der Waals surface area contributed by atoms with Crippen LogP contribution >= 0.6 is 11.6 Å². The van der Waals surface area contributed by atoms with Crippen LogP contribution in [-0.4, -0.2) is 86.6 Å². The number of hydrogen-bond acceptors (Lipinski definition) is 6. The van der Waals surface area contributed by atoms with Gasteiger partial charge in [0, 0.05) is 55.8 Å². The smallest absolute Gasteiger partial charge is 0.415 e. The van der Waals surface area contributed by atoms with E-state index in [1.807, 2.05) is 28.9 Å². The van der Waals surface area contributed by atoms with Crippen LogP contribution in [0.2, 0.25) is 5.02 Å². The molecule has 4 heterocycles. The molecule has 3 aliphatic rings. The molecule has 0 N–H and O–H groups in total. The number of carbonyl (C=O) groups is 1.